The molecule has 2 heteroatoms. The highest BCUT2D eigenvalue weighted by atomic mass is 15.1. The SMILES string of the molecule is CN1CCC(NCCC(c2ccccc2)c2ccccc2)CC1. The van der Waals surface area contributed by atoms with Crippen LogP contribution in [0.15, 0.2) is 60.7 Å². The monoisotopic (exact) mass is 308 g/mol. The van der Waals surface area contributed by atoms with Gasteiger partial charge in [0, 0.05) is 12.0 Å². The molecule has 1 heterocycles. The van der Waals surface area contributed by atoms with E-state index in [1.807, 2.05) is 0 Å². The van der Waals surface area contributed by atoms with Crippen LogP contribution in [0, 0.1) is 0 Å². The number of nitrogens with one attached hydrogen (secondary N) is 1. The fourth-order valence-electron chi connectivity index (χ4n) is 3.54. The minimum Gasteiger partial charge on any atom is -0.314 e. The molecule has 0 bridgehead atoms. The number of hydrogen-bond donors (Lipinski definition) is 1. The smallest absolute Gasteiger partial charge is 0.0101 e. The third-order valence-corrected chi connectivity index (χ3v) is 4.99. The van der Waals surface area contributed by atoms with Gasteiger partial charge in [-0.2, -0.15) is 0 Å². The molecule has 2 nitrogen and oxygen atoms in total. The highest BCUT2D eigenvalue weighted by Crippen LogP contribution is 2.27. The maximum atomic E-state index is 3.79. The quantitative estimate of drug-likeness (QED) is 0.871. The largest absolute Gasteiger partial charge is 0.314 e. The van der Waals surface area contributed by atoms with E-state index in [4.69, 9.17) is 0 Å². The summed E-state index contributed by atoms with van der Waals surface area (Å²) in [5.74, 6) is 0.483. The lowest BCUT2D eigenvalue weighted by molar-refractivity contribution is 0.234. The van der Waals surface area contributed by atoms with Gasteiger partial charge in [0.15, 0.2) is 0 Å². The average molecular weight is 308 g/mol. The summed E-state index contributed by atoms with van der Waals surface area (Å²) in [5.41, 5.74) is 2.84. The summed E-state index contributed by atoms with van der Waals surface area (Å²) in [6, 6.07) is 22.5. The Bertz CT molecular complexity index is 519. The van der Waals surface area contributed by atoms with E-state index in [2.05, 4.69) is 77.9 Å². The maximum Gasteiger partial charge on any atom is 0.0101 e. The first kappa shape index (κ1) is 16.2. The predicted octanol–water partition coefficient (Wildman–Crippen LogP) is 3.89. The van der Waals surface area contributed by atoms with Crippen LogP contribution in [0.5, 0.6) is 0 Å². The van der Waals surface area contributed by atoms with Gasteiger partial charge in [0.05, 0.1) is 0 Å². The highest BCUT2D eigenvalue weighted by molar-refractivity contribution is 5.32. The summed E-state index contributed by atoms with van der Waals surface area (Å²) < 4.78 is 0. The molecule has 0 unspecified atom stereocenters. The van der Waals surface area contributed by atoms with Gasteiger partial charge >= 0.3 is 0 Å². The molecule has 1 fully saturated rings. The van der Waals surface area contributed by atoms with Crippen molar-refractivity contribution in [2.24, 2.45) is 0 Å². The van der Waals surface area contributed by atoms with Gasteiger partial charge < -0.3 is 10.2 Å². The van der Waals surface area contributed by atoms with E-state index < -0.39 is 0 Å². The number of rotatable bonds is 6. The molecule has 0 saturated carbocycles. The zero-order chi connectivity index (χ0) is 15.9. The summed E-state index contributed by atoms with van der Waals surface area (Å²) >= 11 is 0. The van der Waals surface area contributed by atoms with E-state index in [1.54, 1.807) is 0 Å². The van der Waals surface area contributed by atoms with Gasteiger partial charge in [-0.1, -0.05) is 60.7 Å². The van der Waals surface area contributed by atoms with Crippen molar-refractivity contribution in [2.45, 2.75) is 31.2 Å². The fourth-order valence-corrected chi connectivity index (χ4v) is 3.54. The van der Waals surface area contributed by atoms with E-state index in [9.17, 15) is 0 Å². The van der Waals surface area contributed by atoms with Crippen LogP contribution in [0.2, 0.25) is 0 Å². The van der Waals surface area contributed by atoms with E-state index in [0.717, 1.165) is 13.0 Å². The Labute approximate surface area is 140 Å². The molecule has 0 aliphatic carbocycles. The number of likely N-dealkylation sites (tertiary alicyclic amines) is 1. The summed E-state index contributed by atoms with van der Waals surface area (Å²) in [7, 11) is 2.22. The molecule has 0 radical (unpaired) electrons. The number of hydrogen-bond acceptors (Lipinski definition) is 2. The average Bonchev–Trinajstić information content (AvgIpc) is 2.62. The van der Waals surface area contributed by atoms with Gasteiger partial charge in [0.25, 0.3) is 0 Å². The Hall–Kier alpha value is -1.64. The van der Waals surface area contributed by atoms with E-state index >= 15 is 0 Å². The minimum atomic E-state index is 0.483. The van der Waals surface area contributed by atoms with Gasteiger partial charge in [-0.25, -0.2) is 0 Å². The van der Waals surface area contributed by atoms with Gasteiger partial charge in [0.1, 0.15) is 0 Å². The summed E-state index contributed by atoms with van der Waals surface area (Å²) in [5, 5.41) is 3.79. The first-order chi connectivity index (χ1) is 11.3. The van der Waals surface area contributed by atoms with Crippen molar-refractivity contribution in [2.75, 3.05) is 26.7 Å². The van der Waals surface area contributed by atoms with Crippen molar-refractivity contribution in [3.63, 3.8) is 0 Å². The second-order valence-corrected chi connectivity index (χ2v) is 6.69. The molecule has 1 aliphatic rings. The Morgan fingerprint density at radius 2 is 1.43 bits per heavy atom. The molecule has 0 atom stereocenters. The Morgan fingerprint density at radius 3 is 1.96 bits per heavy atom. The van der Waals surface area contributed by atoms with E-state index in [0.29, 0.717) is 12.0 Å². The molecule has 3 rings (SSSR count). The van der Waals surface area contributed by atoms with Crippen molar-refractivity contribution in [3.05, 3.63) is 71.8 Å². The van der Waals surface area contributed by atoms with Crippen molar-refractivity contribution in [3.8, 4) is 0 Å². The van der Waals surface area contributed by atoms with Crippen molar-refractivity contribution in [1.29, 1.82) is 0 Å². The summed E-state index contributed by atoms with van der Waals surface area (Å²) in [6.07, 6.45) is 3.70. The molecule has 23 heavy (non-hydrogen) atoms. The van der Waals surface area contributed by atoms with Crippen molar-refractivity contribution >= 4 is 0 Å². The van der Waals surface area contributed by atoms with Crippen LogP contribution in [0.1, 0.15) is 36.3 Å². The van der Waals surface area contributed by atoms with Crippen LogP contribution in [0.25, 0.3) is 0 Å². The van der Waals surface area contributed by atoms with E-state index in [-0.39, 0.29) is 0 Å². The Balaban J connectivity index is 1.61. The second-order valence-electron chi connectivity index (χ2n) is 6.69. The van der Waals surface area contributed by atoms with Crippen LogP contribution in [0.3, 0.4) is 0 Å². The lowest BCUT2D eigenvalue weighted by Crippen LogP contribution is -2.41. The molecule has 2 aromatic carbocycles. The zero-order valence-corrected chi connectivity index (χ0v) is 14.1. The molecule has 0 aromatic heterocycles. The molecule has 1 N–H and O–H groups in total. The second kappa shape index (κ2) is 8.28. The van der Waals surface area contributed by atoms with Crippen LogP contribution in [-0.4, -0.2) is 37.6 Å². The number of nitrogens with zero attached hydrogens (tertiary/aromatic N) is 1. The molecular weight excluding hydrogens is 280 g/mol. The zero-order valence-electron chi connectivity index (χ0n) is 14.1. The molecule has 0 spiro atoms. The molecule has 1 aliphatic heterocycles. The van der Waals surface area contributed by atoms with Crippen molar-refractivity contribution in [1.82, 2.24) is 10.2 Å². The molecule has 2 aromatic rings. The third-order valence-electron chi connectivity index (χ3n) is 4.99. The highest BCUT2D eigenvalue weighted by Gasteiger charge is 2.18. The predicted molar refractivity (Wildman–Crippen MR) is 97.9 cm³/mol. The lowest BCUT2D eigenvalue weighted by Gasteiger charge is -2.30. The molecule has 122 valence electrons. The van der Waals surface area contributed by atoms with Gasteiger partial charge in [-0.15, -0.1) is 0 Å². The number of piperidine rings is 1. The first-order valence-corrected chi connectivity index (χ1v) is 8.85. The minimum absolute atomic E-state index is 0.483. The topological polar surface area (TPSA) is 15.3 Å². The van der Waals surface area contributed by atoms with Crippen molar-refractivity contribution < 1.29 is 0 Å². The van der Waals surface area contributed by atoms with Crippen LogP contribution >= 0.6 is 0 Å². The van der Waals surface area contributed by atoms with Gasteiger partial charge in [0.2, 0.25) is 0 Å². The maximum absolute atomic E-state index is 3.79. The third kappa shape index (κ3) is 4.66. The van der Waals surface area contributed by atoms with Crippen LogP contribution in [-0.2, 0) is 0 Å². The lowest BCUT2D eigenvalue weighted by atomic mass is 9.88. The van der Waals surface area contributed by atoms with Gasteiger partial charge in [-0.05, 0) is 57.1 Å². The van der Waals surface area contributed by atoms with E-state index in [1.165, 1.54) is 37.1 Å². The standard InChI is InChI=1S/C21H28N2/c1-23-16-13-20(14-17-23)22-15-12-21(18-8-4-2-5-9-18)19-10-6-3-7-11-19/h2-11,20-22H,12-17H2,1H3. The Kier molecular flexibility index (Phi) is 5.84. The molecule has 0 amide bonds. The fraction of sp³-hybridized carbons (Fsp3) is 0.429. The molecular formula is C21H28N2. The number of benzene rings is 2. The first-order valence-electron chi connectivity index (χ1n) is 8.85. The van der Waals surface area contributed by atoms with Crippen LogP contribution < -0.4 is 5.32 Å². The summed E-state index contributed by atoms with van der Waals surface area (Å²) in [4.78, 5) is 2.43. The van der Waals surface area contributed by atoms with Gasteiger partial charge in [-0.3, -0.25) is 0 Å². The summed E-state index contributed by atoms with van der Waals surface area (Å²) in [6.45, 7) is 3.53. The normalized spacial score (nSPS) is 16.8. The molecule has 1 saturated heterocycles. The Morgan fingerprint density at radius 1 is 0.913 bits per heavy atom. The van der Waals surface area contributed by atoms with Crippen LogP contribution in [0.4, 0.5) is 0 Å².